The van der Waals surface area contributed by atoms with Gasteiger partial charge in [-0.3, -0.25) is 0 Å². The Bertz CT molecular complexity index is 501. The Kier molecular flexibility index (Phi) is 3.29. The second-order valence-corrected chi connectivity index (χ2v) is 6.71. The standard InChI is InChI=1S/C15H18BrNO2/c16-12-6-4-5-11(14(18)19)13(12)17-9-15(10-17)7-2-1-3-8-15/h4-6H,1-3,7-10H2,(H,18,19). The number of carboxylic acid groups (broad SMARTS) is 1. The summed E-state index contributed by atoms with van der Waals surface area (Å²) in [6.45, 7) is 2.02. The van der Waals surface area contributed by atoms with Gasteiger partial charge in [-0.1, -0.05) is 25.3 Å². The Morgan fingerprint density at radius 2 is 1.89 bits per heavy atom. The van der Waals surface area contributed by atoms with Gasteiger partial charge in [-0.15, -0.1) is 0 Å². The fraction of sp³-hybridized carbons (Fsp3) is 0.533. The van der Waals surface area contributed by atoms with E-state index >= 15 is 0 Å². The molecule has 1 aromatic carbocycles. The molecule has 1 saturated heterocycles. The first-order valence-corrected chi connectivity index (χ1v) is 7.67. The summed E-state index contributed by atoms with van der Waals surface area (Å²) in [6, 6.07) is 5.40. The first kappa shape index (κ1) is 13.0. The van der Waals surface area contributed by atoms with E-state index in [4.69, 9.17) is 0 Å². The molecule has 0 atom stereocenters. The number of para-hydroxylation sites is 1. The molecule has 3 nitrogen and oxygen atoms in total. The van der Waals surface area contributed by atoms with Crippen molar-refractivity contribution in [3.63, 3.8) is 0 Å². The van der Waals surface area contributed by atoms with Crippen LogP contribution in [0.25, 0.3) is 0 Å². The van der Waals surface area contributed by atoms with Gasteiger partial charge in [0, 0.05) is 23.0 Å². The quantitative estimate of drug-likeness (QED) is 0.896. The molecule has 1 spiro atoms. The Labute approximate surface area is 121 Å². The van der Waals surface area contributed by atoms with Crippen LogP contribution in [0, 0.1) is 5.41 Å². The van der Waals surface area contributed by atoms with Gasteiger partial charge in [0.15, 0.2) is 0 Å². The first-order chi connectivity index (χ1) is 9.11. The maximum Gasteiger partial charge on any atom is 0.337 e. The Morgan fingerprint density at radius 3 is 2.53 bits per heavy atom. The molecule has 0 unspecified atom stereocenters. The molecule has 0 bridgehead atoms. The van der Waals surface area contributed by atoms with Crippen molar-refractivity contribution in [1.29, 1.82) is 0 Å². The number of hydrogen-bond donors (Lipinski definition) is 1. The average molecular weight is 324 g/mol. The molecule has 0 aromatic heterocycles. The number of carboxylic acids is 1. The van der Waals surface area contributed by atoms with E-state index in [-0.39, 0.29) is 0 Å². The van der Waals surface area contributed by atoms with Gasteiger partial charge in [0.2, 0.25) is 0 Å². The molecular formula is C15H18BrNO2. The van der Waals surface area contributed by atoms with E-state index in [1.165, 1.54) is 32.1 Å². The predicted molar refractivity (Wildman–Crippen MR) is 78.8 cm³/mol. The number of benzene rings is 1. The van der Waals surface area contributed by atoms with Crippen LogP contribution >= 0.6 is 15.9 Å². The van der Waals surface area contributed by atoms with Gasteiger partial charge in [0.25, 0.3) is 0 Å². The van der Waals surface area contributed by atoms with E-state index in [9.17, 15) is 9.90 Å². The lowest BCUT2D eigenvalue weighted by Crippen LogP contribution is -2.57. The monoisotopic (exact) mass is 323 g/mol. The van der Waals surface area contributed by atoms with Gasteiger partial charge in [0.1, 0.15) is 0 Å². The number of anilines is 1. The summed E-state index contributed by atoms with van der Waals surface area (Å²) in [5.74, 6) is -0.846. The Balaban J connectivity index is 1.83. The van der Waals surface area contributed by atoms with E-state index in [1.54, 1.807) is 12.1 Å². The zero-order valence-corrected chi connectivity index (χ0v) is 12.4. The van der Waals surface area contributed by atoms with Crippen molar-refractivity contribution in [3.05, 3.63) is 28.2 Å². The lowest BCUT2D eigenvalue weighted by Gasteiger charge is -2.54. The third-order valence-corrected chi connectivity index (χ3v) is 5.14. The summed E-state index contributed by atoms with van der Waals surface area (Å²) in [4.78, 5) is 13.6. The first-order valence-electron chi connectivity index (χ1n) is 6.88. The zero-order valence-electron chi connectivity index (χ0n) is 10.9. The molecule has 0 amide bonds. The maximum atomic E-state index is 11.3. The summed E-state index contributed by atoms with van der Waals surface area (Å²) >= 11 is 3.50. The van der Waals surface area contributed by atoms with Crippen LogP contribution in [0.1, 0.15) is 42.5 Å². The zero-order chi connectivity index (χ0) is 13.5. The highest BCUT2D eigenvalue weighted by Gasteiger charge is 2.44. The van der Waals surface area contributed by atoms with E-state index in [2.05, 4.69) is 20.8 Å². The molecule has 1 aliphatic heterocycles. The number of nitrogens with zero attached hydrogens (tertiary/aromatic N) is 1. The van der Waals surface area contributed by atoms with Crippen LogP contribution in [-0.4, -0.2) is 24.2 Å². The van der Waals surface area contributed by atoms with Crippen LogP contribution in [0.5, 0.6) is 0 Å². The van der Waals surface area contributed by atoms with Crippen molar-refractivity contribution >= 4 is 27.6 Å². The lowest BCUT2D eigenvalue weighted by molar-refractivity contribution is 0.0695. The van der Waals surface area contributed by atoms with Crippen molar-refractivity contribution < 1.29 is 9.90 Å². The number of aromatic carboxylic acids is 1. The van der Waals surface area contributed by atoms with Crippen molar-refractivity contribution in [1.82, 2.24) is 0 Å². The number of rotatable bonds is 2. The number of carbonyl (C=O) groups is 1. The van der Waals surface area contributed by atoms with Gasteiger partial charge >= 0.3 is 5.97 Å². The molecule has 2 fully saturated rings. The molecule has 19 heavy (non-hydrogen) atoms. The Morgan fingerprint density at radius 1 is 1.21 bits per heavy atom. The largest absolute Gasteiger partial charge is 0.478 e. The van der Waals surface area contributed by atoms with E-state index < -0.39 is 5.97 Å². The van der Waals surface area contributed by atoms with Crippen molar-refractivity contribution in [3.8, 4) is 0 Å². The Hall–Kier alpha value is -1.03. The summed E-state index contributed by atoms with van der Waals surface area (Å²) in [7, 11) is 0. The number of halogens is 1. The molecule has 102 valence electrons. The van der Waals surface area contributed by atoms with Gasteiger partial charge in [0.05, 0.1) is 11.3 Å². The minimum atomic E-state index is -0.846. The molecule has 1 heterocycles. The molecule has 1 saturated carbocycles. The molecule has 3 rings (SSSR count). The van der Waals surface area contributed by atoms with Crippen LogP contribution in [-0.2, 0) is 0 Å². The third kappa shape index (κ3) is 2.27. The van der Waals surface area contributed by atoms with Gasteiger partial charge in [-0.05, 0) is 40.9 Å². The van der Waals surface area contributed by atoms with Crippen LogP contribution in [0.15, 0.2) is 22.7 Å². The summed E-state index contributed by atoms with van der Waals surface area (Å²) in [6.07, 6.45) is 6.62. The SMILES string of the molecule is O=C(O)c1cccc(Br)c1N1CC2(CCCCC2)C1. The molecule has 2 aliphatic rings. The van der Waals surface area contributed by atoms with Crippen LogP contribution in [0.4, 0.5) is 5.69 Å². The predicted octanol–water partition coefficient (Wildman–Crippen LogP) is 3.92. The summed E-state index contributed by atoms with van der Waals surface area (Å²) < 4.78 is 0.887. The van der Waals surface area contributed by atoms with Gasteiger partial charge in [-0.25, -0.2) is 4.79 Å². The van der Waals surface area contributed by atoms with Gasteiger partial charge < -0.3 is 10.0 Å². The molecule has 1 N–H and O–H groups in total. The second kappa shape index (κ2) is 4.82. The molecule has 1 aromatic rings. The minimum Gasteiger partial charge on any atom is -0.478 e. The highest BCUT2D eigenvalue weighted by atomic mass is 79.9. The van der Waals surface area contributed by atoms with E-state index in [1.807, 2.05) is 6.07 Å². The van der Waals surface area contributed by atoms with E-state index in [0.29, 0.717) is 11.0 Å². The fourth-order valence-electron chi connectivity index (χ4n) is 3.55. The van der Waals surface area contributed by atoms with E-state index in [0.717, 1.165) is 23.2 Å². The maximum absolute atomic E-state index is 11.3. The van der Waals surface area contributed by atoms with Crippen LogP contribution in [0.3, 0.4) is 0 Å². The summed E-state index contributed by atoms with van der Waals surface area (Å²) in [5, 5.41) is 9.31. The summed E-state index contributed by atoms with van der Waals surface area (Å²) in [5.41, 5.74) is 1.72. The highest BCUT2D eigenvalue weighted by molar-refractivity contribution is 9.10. The van der Waals surface area contributed by atoms with Crippen LogP contribution in [0.2, 0.25) is 0 Å². The molecule has 0 radical (unpaired) electrons. The highest BCUT2D eigenvalue weighted by Crippen LogP contribution is 2.47. The lowest BCUT2D eigenvalue weighted by atomic mass is 9.68. The topological polar surface area (TPSA) is 40.5 Å². The normalized spacial score (nSPS) is 21.2. The van der Waals surface area contributed by atoms with Crippen molar-refractivity contribution in [2.75, 3.05) is 18.0 Å². The fourth-order valence-corrected chi connectivity index (χ4v) is 4.17. The third-order valence-electron chi connectivity index (χ3n) is 4.50. The minimum absolute atomic E-state index is 0.403. The second-order valence-electron chi connectivity index (χ2n) is 5.86. The molecular weight excluding hydrogens is 306 g/mol. The number of hydrogen-bond acceptors (Lipinski definition) is 2. The van der Waals surface area contributed by atoms with Crippen LogP contribution < -0.4 is 4.90 Å². The van der Waals surface area contributed by atoms with Gasteiger partial charge in [-0.2, -0.15) is 0 Å². The molecule has 1 aliphatic carbocycles. The molecule has 4 heteroatoms. The smallest absolute Gasteiger partial charge is 0.337 e. The average Bonchev–Trinajstić information content (AvgIpc) is 2.36. The van der Waals surface area contributed by atoms with Crippen molar-refractivity contribution in [2.45, 2.75) is 32.1 Å². The van der Waals surface area contributed by atoms with Crippen molar-refractivity contribution in [2.24, 2.45) is 5.41 Å².